The topological polar surface area (TPSA) is 56.0 Å². The lowest BCUT2D eigenvalue weighted by atomic mass is 10.1. The summed E-state index contributed by atoms with van der Waals surface area (Å²) in [6.45, 7) is 4.16. The van der Waals surface area contributed by atoms with Crippen LogP contribution < -0.4 is 5.73 Å². The first-order chi connectivity index (χ1) is 8.60. The minimum absolute atomic E-state index is 0.275. The molecule has 1 aromatic heterocycles. The Morgan fingerprint density at radius 3 is 2.83 bits per heavy atom. The second-order valence-electron chi connectivity index (χ2n) is 4.26. The molecular formula is C14H16N2OS. The normalized spacial score (nSPS) is 10.8. The standard InChI is InChI=1S/C14H16N2OS/c1-3-10-7-11-6-9(2)4-5-12(11)16-14(10)18-8-13(15)17/h4-7H,3,8H2,1-2H3,(H2,15,17). The van der Waals surface area contributed by atoms with Gasteiger partial charge in [-0.1, -0.05) is 30.3 Å². The molecule has 18 heavy (non-hydrogen) atoms. The lowest BCUT2D eigenvalue weighted by Gasteiger charge is -2.08. The summed E-state index contributed by atoms with van der Waals surface area (Å²) >= 11 is 1.41. The van der Waals surface area contributed by atoms with E-state index < -0.39 is 0 Å². The smallest absolute Gasteiger partial charge is 0.227 e. The third-order valence-corrected chi connectivity index (χ3v) is 3.80. The predicted molar refractivity (Wildman–Crippen MR) is 75.8 cm³/mol. The Labute approximate surface area is 111 Å². The Morgan fingerprint density at radius 2 is 2.17 bits per heavy atom. The molecular weight excluding hydrogens is 244 g/mol. The summed E-state index contributed by atoms with van der Waals surface area (Å²) in [4.78, 5) is 15.5. The van der Waals surface area contributed by atoms with E-state index >= 15 is 0 Å². The van der Waals surface area contributed by atoms with Crippen LogP contribution in [0.3, 0.4) is 0 Å². The van der Waals surface area contributed by atoms with Gasteiger partial charge in [-0.05, 0) is 37.1 Å². The number of carbonyl (C=O) groups excluding carboxylic acids is 1. The van der Waals surface area contributed by atoms with Gasteiger partial charge in [-0.15, -0.1) is 0 Å². The maximum atomic E-state index is 10.9. The van der Waals surface area contributed by atoms with Gasteiger partial charge in [-0.3, -0.25) is 4.79 Å². The average Bonchev–Trinajstić information content (AvgIpc) is 2.35. The van der Waals surface area contributed by atoms with Crippen molar-refractivity contribution in [2.24, 2.45) is 5.73 Å². The van der Waals surface area contributed by atoms with Crippen molar-refractivity contribution in [3.8, 4) is 0 Å². The molecule has 2 aromatic rings. The third-order valence-electron chi connectivity index (χ3n) is 2.74. The van der Waals surface area contributed by atoms with Gasteiger partial charge in [0.2, 0.25) is 5.91 Å². The van der Waals surface area contributed by atoms with Gasteiger partial charge in [-0.25, -0.2) is 4.98 Å². The van der Waals surface area contributed by atoms with Crippen molar-refractivity contribution in [3.63, 3.8) is 0 Å². The SMILES string of the molecule is CCc1cc2cc(C)ccc2nc1SCC(N)=O. The Hall–Kier alpha value is -1.55. The zero-order valence-electron chi connectivity index (χ0n) is 10.6. The van der Waals surface area contributed by atoms with E-state index in [1.165, 1.54) is 22.9 Å². The van der Waals surface area contributed by atoms with E-state index in [-0.39, 0.29) is 11.7 Å². The highest BCUT2D eigenvalue weighted by atomic mass is 32.2. The minimum atomic E-state index is -0.312. The predicted octanol–water partition coefficient (Wildman–Crippen LogP) is 2.68. The lowest BCUT2D eigenvalue weighted by Crippen LogP contribution is -2.13. The van der Waals surface area contributed by atoms with Gasteiger partial charge in [0.25, 0.3) is 0 Å². The quantitative estimate of drug-likeness (QED) is 0.860. The number of pyridine rings is 1. The van der Waals surface area contributed by atoms with E-state index in [1.54, 1.807) is 0 Å². The fourth-order valence-electron chi connectivity index (χ4n) is 1.84. The van der Waals surface area contributed by atoms with Crippen LogP contribution in [0.4, 0.5) is 0 Å². The summed E-state index contributed by atoms with van der Waals surface area (Å²) in [5, 5.41) is 2.06. The summed E-state index contributed by atoms with van der Waals surface area (Å²) in [7, 11) is 0. The summed E-state index contributed by atoms with van der Waals surface area (Å²) in [5.41, 5.74) is 8.53. The molecule has 0 atom stereocenters. The largest absolute Gasteiger partial charge is 0.369 e. The van der Waals surface area contributed by atoms with Crippen LogP contribution in [0.2, 0.25) is 0 Å². The highest BCUT2D eigenvalue weighted by Crippen LogP contribution is 2.25. The number of amides is 1. The molecule has 0 spiro atoms. The number of thioether (sulfide) groups is 1. The van der Waals surface area contributed by atoms with Gasteiger partial charge in [0.15, 0.2) is 0 Å². The molecule has 0 unspecified atom stereocenters. The molecule has 0 fully saturated rings. The molecule has 1 heterocycles. The van der Waals surface area contributed by atoms with E-state index in [4.69, 9.17) is 5.73 Å². The number of primary amides is 1. The van der Waals surface area contributed by atoms with Gasteiger partial charge in [0, 0.05) is 5.39 Å². The van der Waals surface area contributed by atoms with Crippen molar-refractivity contribution < 1.29 is 4.79 Å². The molecule has 0 saturated heterocycles. The van der Waals surface area contributed by atoms with Crippen molar-refractivity contribution in [1.82, 2.24) is 4.98 Å². The molecule has 1 amide bonds. The highest BCUT2D eigenvalue weighted by Gasteiger charge is 2.08. The Morgan fingerprint density at radius 1 is 1.39 bits per heavy atom. The molecule has 0 aliphatic carbocycles. The molecule has 0 aliphatic heterocycles. The molecule has 0 radical (unpaired) electrons. The number of nitrogens with zero attached hydrogens (tertiary/aromatic N) is 1. The molecule has 3 nitrogen and oxygen atoms in total. The number of carbonyl (C=O) groups is 1. The van der Waals surface area contributed by atoms with Gasteiger partial charge in [-0.2, -0.15) is 0 Å². The zero-order valence-corrected chi connectivity index (χ0v) is 11.4. The number of hydrogen-bond donors (Lipinski definition) is 1. The van der Waals surface area contributed by atoms with E-state index in [2.05, 4.69) is 31.0 Å². The van der Waals surface area contributed by atoms with Gasteiger partial charge in [0.1, 0.15) is 5.03 Å². The fourth-order valence-corrected chi connectivity index (χ4v) is 2.67. The molecule has 2 N–H and O–H groups in total. The van der Waals surface area contributed by atoms with Crippen molar-refractivity contribution >= 4 is 28.6 Å². The molecule has 4 heteroatoms. The van der Waals surface area contributed by atoms with Crippen LogP contribution in [0.1, 0.15) is 18.1 Å². The monoisotopic (exact) mass is 260 g/mol. The van der Waals surface area contributed by atoms with E-state index in [0.29, 0.717) is 0 Å². The number of aromatic nitrogens is 1. The first-order valence-electron chi connectivity index (χ1n) is 5.91. The molecule has 0 bridgehead atoms. The van der Waals surface area contributed by atoms with Crippen LogP contribution in [0.15, 0.2) is 29.3 Å². The maximum Gasteiger partial charge on any atom is 0.227 e. The van der Waals surface area contributed by atoms with E-state index in [1.807, 2.05) is 12.1 Å². The molecule has 0 saturated carbocycles. The van der Waals surface area contributed by atoms with E-state index in [9.17, 15) is 4.79 Å². The molecule has 0 aliphatic rings. The Kier molecular flexibility index (Phi) is 3.87. The second-order valence-corrected chi connectivity index (χ2v) is 5.22. The minimum Gasteiger partial charge on any atom is -0.369 e. The van der Waals surface area contributed by atoms with Gasteiger partial charge in [0.05, 0.1) is 11.3 Å². The van der Waals surface area contributed by atoms with E-state index in [0.717, 1.165) is 22.3 Å². The van der Waals surface area contributed by atoms with Crippen LogP contribution in [0.5, 0.6) is 0 Å². The fraction of sp³-hybridized carbons (Fsp3) is 0.286. The van der Waals surface area contributed by atoms with Crippen LogP contribution in [0, 0.1) is 6.92 Å². The summed E-state index contributed by atoms with van der Waals surface area (Å²) in [6.07, 6.45) is 0.901. The number of nitrogens with two attached hydrogens (primary N) is 1. The Bertz CT molecular complexity index is 596. The molecule has 94 valence electrons. The number of aryl methyl sites for hydroxylation is 2. The van der Waals surface area contributed by atoms with Gasteiger partial charge < -0.3 is 5.73 Å². The number of rotatable bonds is 4. The number of benzene rings is 1. The molecule has 2 rings (SSSR count). The first kappa shape index (κ1) is 12.9. The number of hydrogen-bond acceptors (Lipinski definition) is 3. The van der Waals surface area contributed by atoms with Crippen LogP contribution in [-0.2, 0) is 11.2 Å². The highest BCUT2D eigenvalue weighted by molar-refractivity contribution is 7.99. The van der Waals surface area contributed by atoms with Crippen molar-refractivity contribution in [2.75, 3.05) is 5.75 Å². The van der Waals surface area contributed by atoms with Crippen LogP contribution in [0.25, 0.3) is 10.9 Å². The first-order valence-corrected chi connectivity index (χ1v) is 6.90. The number of fused-ring (bicyclic) bond motifs is 1. The van der Waals surface area contributed by atoms with Gasteiger partial charge >= 0.3 is 0 Å². The summed E-state index contributed by atoms with van der Waals surface area (Å²) < 4.78 is 0. The Balaban J connectivity index is 2.45. The zero-order chi connectivity index (χ0) is 13.1. The summed E-state index contributed by atoms with van der Waals surface area (Å²) in [5.74, 6) is -0.0370. The van der Waals surface area contributed by atoms with Crippen molar-refractivity contribution in [1.29, 1.82) is 0 Å². The van der Waals surface area contributed by atoms with Crippen LogP contribution in [-0.4, -0.2) is 16.6 Å². The second kappa shape index (κ2) is 5.40. The summed E-state index contributed by atoms with van der Waals surface area (Å²) in [6, 6.07) is 8.34. The maximum absolute atomic E-state index is 10.9. The van der Waals surface area contributed by atoms with Crippen molar-refractivity contribution in [3.05, 3.63) is 35.4 Å². The average molecular weight is 260 g/mol. The van der Waals surface area contributed by atoms with Crippen molar-refractivity contribution in [2.45, 2.75) is 25.3 Å². The third kappa shape index (κ3) is 2.82. The lowest BCUT2D eigenvalue weighted by molar-refractivity contribution is -0.115. The molecule has 1 aromatic carbocycles. The van der Waals surface area contributed by atoms with Crippen LogP contribution >= 0.6 is 11.8 Å².